The molecule has 0 fully saturated rings. The molecule has 0 spiro atoms. The third kappa shape index (κ3) is 3.16. The summed E-state index contributed by atoms with van der Waals surface area (Å²) in [6.45, 7) is 0.810. The number of hydrogen-bond donors (Lipinski definition) is 2. The maximum Gasteiger partial charge on any atom is 0.252 e. The summed E-state index contributed by atoms with van der Waals surface area (Å²) < 4.78 is 38.1. The number of hydrogen-bond acceptors (Lipinski definition) is 5. The molecule has 1 aliphatic rings. The van der Waals surface area contributed by atoms with E-state index in [9.17, 15) is 13.2 Å². The molecule has 2 aromatic carbocycles. The molecule has 0 unspecified atom stereocenters. The molecule has 7 nitrogen and oxygen atoms in total. The minimum absolute atomic E-state index is 0.114. The molecule has 2 heterocycles. The second-order valence-corrected chi connectivity index (χ2v) is 7.61. The molecule has 1 aliphatic heterocycles. The van der Waals surface area contributed by atoms with E-state index in [1.54, 1.807) is 36.4 Å². The van der Waals surface area contributed by atoms with Crippen LogP contribution in [-0.4, -0.2) is 26.6 Å². The molecule has 2 N–H and O–H groups in total. The van der Waals surface area contributed by atoms with E-state index in [4.69, 9.17) is 9.47 Å². The van der Waals surface area contributed by atoms with Crippen molar-refractivity contribution in [2.24, 2.45) is 0 Å². The minimum Gasteiger partial charge on any atom is -0.486 e. The molecule has 1 aromatic heterocycles. The molecular weight excluding hydrogens is 356 g/mol. The van der Waals surface area contributed by atoms with Crippen molar-refractivity contribution < 1.29 is 17.9 Å². The summed E-state index contributed by atoms with van der Waals surface area (Å²) in [5.41, 5.74) is 0.563. The van der Waals surface area contributed by atoms with Crippen molar-refractivity contribution in [1.29, 1.82) is 0 Å². The Kier molecular flexibility index (Phi) is 4.14. The molecule has 0 bridgehead atoms. The van der Waals surface area contributed by atoms with Crippen molar-refractivity contribution in [3.05, 3.63) is 64.4 Å². The Labute approximate surface area is 149 Å². The lowest BCUT2D eigenvalue weighted by Gasteiger charge is -2.18. The van der Waals surface area contributed by atoms with Gasteiger partial charge in [-0.1, -0.05) is 18.2 Å². The van der Waals surface area contributed by atoms with E-state index < -0.39 is 10.0 Å². The highest BCUT2D eigenvalue weighted by Crippen LogP contribution is 2.33. The normalized spacial score (nSPS) is 13.7. The van der Waals surface area contributed by atoms with E-state index in [1.807, 2.05) is 0 Å². The Morgan fingerprint density at radius 1 is 1.00 bits per heavy atom. The van der Waals surface area contributed by atoms with Gasteiger partial charge in [0.15, 0.2) is 11.5 Å². The van der Waals surface area contributed by atoms with Gasteiger partial charge in [-0.05, 0) is 24.3 Å². The first-order valence-electron chi connectivity index (χ1n) is 8.03. The zero-order valence-electron chi connectivity index (χ0n) is 13.7. The van der Waals surface area contributed by atoms with Crippen molar-refractivity contribution in [3.63, 3.8) is 0 Å². The maximum atomic E-state index is 12.3. The molecule has 134 valence electrons. The van der Waals surface area contributed by atoms with Crippen LogP contribution in [0.4, 0.5) is 0 Å². The number of nitrogens with one attached hydrogen (secondary N) is 2. The van der Waals surface area contributed by atoms with Crippen LogP contribution in [0.3, 0.4) is 0 Å². The highest BCUT2D eigenvalue weighted by molar-refractivity contribution is 7.89. The van der Waals surface area contributed by atoms with E-state index in [0.717, 1.165) is 5.39 Å². The Morgan fingerprint density at radius 2 is 1.69 bits per heavy atom. The van der Waals surface area contributed by atoms with Gasteiger partial charge in [-0.2, -0.15) is 0 Å². The number of sulfonamides is 1. The Balaban J connectivity index is 1.64. The summed E-state index contributed by atoms with van der Waals surface area (Å²) in [5, 5.41) is 0.739. The smallest absolute Gasteiger partial charge is 0.252 e. The largest absolute Gasteiger partial charge is 0.486 e. The molecule has 0 saturated heterocycles. The highest BCUT2D eigenvalue weighted by Gasteiger charge is 2.16. The lowest BCUT2D eigenvalue weighted by atomic mass is 10.1. The van der Waals surface area contributed by atoms with Crippen molar-refractivity contribution in [1.82, 2.24) is 9.71 Å². The van der Waals surface area contributed by atoms with Gasteiger partial charge >= 0.3 is 0 Å². The van der Waals surface area contributed by atoms with Crippen molar-refractivity contribution in [2.75, 3.05) is 13.2 Å². The third-order valence-electron chi connectivity index (χ3n) is 4.09. The molecule has 26 heavy (non-hydrogen) atoms. The molecule has 3 aromatic rings. The van der Waals surface area contributed by atoms with Crippen LogP contribution in [0.25, 0.3) is 10.9 Å². The molecule has 0 radical (unpaired) electrons. The van der Waals surface area contributed by atoms with Gasteiger partial charge in [-0.15, -0.1) is 0 Å². The van der Waals surface area contributed by atoms with Crippen LogP contribution in [-0.2, 0) is 16.6 Å². The summed E-state index contributed by atoms with van der Waals surface area (Å²) in [5.74, 6) is 1.18. The zero-order chi connectivity index (χ0) is 18.1. The number of pyridine rings is 1. The van der Waals surface area contributed by atoms with Gasteiger partial charge in [-0.25, -0.2) is 13.1 Å². The van der Waals surface area contributed by atoms with Crippen LogP contribution < -0.4 is 19.8 Å². The predicted octanol–water partition coefficient (Wildman–Crippen LogP) is 1.78. The summed E-state index contributed by atoms with van der Waals surface area (Å²) >= 11 is 0. The fourth-order valence-corrected chi connectivity index (χ4v) is 3.80. The SMILES string of the molecule is O=c1[nH]c2cc3c(cc2cc1CNS(=O)(=O)c1ccccc1)OCCO3. The van der Waals surface area contributed by atoms with Gasteiger partial charge in [0, 0.05) is 23.6 Å². The van der Waals surface area contributed by atoms with Gasteiger partial charge in [0.2, 0.25) is 10.0 Å². The number of aromatic nitrogens is 1. The second-order valence-electron chi connectivity index (χ2n) is 5.84. The van der Waals surface area contributed by atoms with Crippen molar-refractivity contribution >= 4 is 20.9 Å². The fraction of sp³-hybridized carbons (Fsp3) is 0.167. The summed E-state index contributed by atoms with van der Waals surface area (Å²) in [6, 6.07) is 13.1. The minimum atomic E-state index is -3.69. The molecular formula is C18H16N2O5S. The van der Waals surface area contributed by atoms with Crippen LogP contribution in [0.2, 0.25) is 0 Å². The van der Waals surface area contributed by atoms with Gasteiger partial charge in [0.05, 0.1) is 10.4 Å². The number of ether oxygens (including phenoxy) is 2. The molecule has 0 amide bonds. The lowest BCUT2D eigenvalue weighted by molar-refractivity contribution is 0.172. The molecule has 0 atom stereocenters. The summed E-state index contributed by atoms with van der Waals surface area (Å²) in [4.78, 5) is 15.2. The van der Waals surface area contributed by atoms with E-state index >= 15 is 0 Å². The number of fused-ring (bicyclic) bond motifs is 2. The third-order valence-corrected chi connectivity index (χ3v) is 5.51. The van der Waals surface area contributed by atoms with Crippen molar-refractivity contribution in [2.45, 2.75) is 11.4 Å². The Hall–Kier alpha value is -2.84. The molecule has 4 rings (SSSR count). The zero-order valence-corrected chi connectivity index (χ0v) is 14.5. The van der Waals surface area contributed by atoms with E-state index in [1.165, 1.54) is 12.1 Å². The van der Waals surface area contributed by atoms with Crippen LogP contribution in [0.15, 0.2) is 58.2 Å². The fourth-order valence-electron chi connectivity index (χ4n) is 2.78. The first-order chi connectivity index (χ1) is 12.5. The van der Waals surface area contributed by atoms with Crippen LogP contribution in [0.5, 0.6) is 11.5 Å². The van der Waals surface area contributed by atoms with E-state index in [-0.39, 0.29) is 17.0 Å². The molecule has 0 saturated carbocycles. The van der Waals surface area contributed by atoms with Gasteiger partial charge in [0.25, 0.3) is 5.56 Å². The number of rotatable bonds is 4. The average Bonchev–Trinajstić information content (AvgIpc) is 2.65. The molecule has 8 heteroatoms. The van der Waals surface area contributed by atoms with Crippen molar-refractivity contribution in [3.8, 4) is 11.5 Å². The van der Waals surface area contributed by atoms with Crippen LogP contribution >= 0.6 is 0 Å². The first kappa shape index (κ1) is 16.6. The van der Waals surface area contributed by atoms with Gasteiger partial charge in [-0.3, -0.25) is 4.79 Å². The lowest BCUT2D eigenvalue weighted by Crippen LogP contribution is -2.27. The van der Waals surface area contributed by atoms with E-state index in [2.05, 4.69) is 9.71 Å². The summed E-state index contributed by atoms with van der Waals surface area (Å²) in [7, 11) is -3.69. The summed E-state index contributed by atoms with van der Waals surface area (Å²) in [6.07, 6.45) is 0. The monoisotopic (exact) mass is 372 g/mol. The topological polar surface area (TPSA) is 97.5 Å². The highest BCUT2D eigenvalue weighted by atomic mass is 32.2. The second kappa shape index (κ2) is 6.47. The Bertz CT molecular complexity index is 1120. The quantitative estimate of drug-likeness (QED) is 0.728. The van der Waals surface area contributed by atoms with Gasteiger partial charge in [0.1, 0.15) is 13.2 Å². The van der Waals surface area contributed by atoms with Crippen LogP contribution in [0, 0.1) is 0 Å². The number of benzene rings is 2. The van der Waals surface area contributed by atoms with Crippen LogP contribution in [0.1, 0.15) is 5.56 Å². The standard InChI is InChI=1S/C18H16N2O5S/c21-18-13(11-19-26(22,23)14-4-2-1-3-5-14)8-12-9-16-17(10-15(12)20-18)25-7-6-24-16/h1-5,8-10,19H,6-7,11H2,(H,20,21). The number of H-pyrrole nitrogens is 1. The molecule has 0 aliphatic carbocycles. The first-order valence-corrected chi connectivity index (χ1v) is 9.51. The van der Waals surface area contributed by atoms with E-state index in [0.29, 0.717) is 35.8 Å². The van der Waals surface area contributed by atoms with Gasteiger partial charge < -0.3 is 14.5 Å². The predicted molar refractivity (Wildman–Crippen MR) is 96.0 cm³/mol. The Morgan fingerprint density at radius 3 is 2.42 bits per heavy atom. The average molecular weight is 372 g/mol. The number of aromatic amines is 1. The maximum absolute atomic E-state index is 12.3.